The largest absolute Gasteiger partial charge is 0.539 e. The van der Waals surface area contributed by atoms with Crippen LogP contribution in [0.1, 0.15) is 76.3 Å². The lowest BCUT2D eigenvalue weighted by atomic mass is 9.74. The molecule has 0 heterocycles. The van der Waals surface area contributed by atoms with Gasteiger partial charge in [0, 0.05) is 0 Å². The lowest BCUT2D eigenvalue weighted by Crippen LogP contribution is -2.33. The van der Waals surface area contributed by atoms with E-state index in [0.29, 0.717) is 11.2 Å². The summed E-state index contributed by atoms with van der Waals surface area (Å²) in [6.45, 7) is 4.34. The maximum absolute atomic E-state index is 9.73. The molecule has 0 saturated heterocycles. The highest BCUT2D eigenvalue weighted by Crippen LogP contribution is 2.23. The monoisotopic (exact) mass is 334 g/mol. The summed E-state index contributed by atoms with van der Waals surface area (Å²) in [6, 6.07) is 3.73. The van der Waals surface area contributed by atoms with E-state index >= 15 is 0 Å². The summed E-state index contributed by atoms with van der Waals surface area (Å²) < 4.78 is 5.39. The van der Waals surface area contributed by atoms with Crippen LogP contribution >= 0.6 is 0 Å². The number of benzene rings is 1. The Morgan fingerprint density at radius 1 is 0.875 bits per heavy atom. The van der Waals surface area contributed by atoms with Crippen LogP contribution in [0.25, 0.3) is 0 Å². The molecule has 0 aliphatic carbocycles. The molecule has 1 aromatic carbocycles. The molecule has 0 saturated carbocycles. The predicted molar refractivity (Wildman–Crippen MR) is 102 cm³/mol. The second-order valence-electron chi connectivity index (χ2n) is 6.43. The fraction of sp³-hybridized carbons (Fsp3) is 0.667. The van der Waals surface area contributed by atoms with Gasteiger partial charge in [0.15, 0.2) is 0 Å². The molecule has 0 unspecified atom stereocenters. The maximum atomic E-state index is 9.73. The van der Waals surface area contributed by atoms with Gasteiger partial charge in [-0.1, -0.05) is 58.4 Å². The molecule has 0 aliphatic heterocycles. The summed E-state index contributed by atoms with van der Waals surface area (Å²) in [7, 11) is -1.83. The second-order valence-corrected chi connectivity index (χ2v) is 6.43. The van der Waals surface area contributed by atoms with Gasteiger partial charge in [-0.05, 0) is 48.3 Å². The van der Waals surface area contributed by atoms with Gasteiger partial charge in [0.2, 0.25) is 0 Å². The van der Waals surface area contributed by atoms with E-state index in [1.54, 1.807) is 0 Å². The normalized spacial score (nSPS) is 10.7. The Morgan fingerprint density at radius 3 is 1.96 bits per heavy atom. The second kappa shape index (κ2) is 12.4. The molecule has 0 atom stereocenters. The fourth-order valence-corrected chi connectivity index (χ4v) is 3.03. The Balaban J connectivity index is 2.91. The summed E-state index contributed by atoms with van der Waals surface area (Å²) in [4.78, 5) is 0. The minimum atomic E-state index is -1.47. The first kappa shape index (κ1) is 21.1. The molecule has 0 aromatic heterocycles. The van der Waals surface area contributed by atoms with Crippen LogP contribution in [0.15, 0.2) is 12.1 Å². The molecule has 3 N–H and O–H groups in total. The molecule has 134 valence electrons. The van der Waals surface area contributed by atoms with Gasteiger partial charge in [0.1, 0.15) is 5.75 Å². The van der Waals surface area contributed by atoms with E-state index < -0.39 is 7.12 Å². The molecule has 0 radical (unpaired) electrons. The number of unbranched alkanes of at least 4 members (excludes halogenated alkanes) is 6. The molecular formula is C18H32B2O4. The minimum Gasteiger partial charge on any atom is -0.539 e. The van der Waals surface area contributed by atoms with Crippen molar-refractivity contribution in [3.05, 3.63) is 23.3 Å². The maximum Gasteiger partial charge on any atom is 0.504 e. The Bertz CT molecular complexity index is 467. The molecule has 1 aromatic rings. The zero-order valence-electron chi connectivity index (χ0n) is 15.3. The van der Waals surface area contributed by atoms with Crippen LogP contribution in [0.3, 0.4) is 0 Å². The highest BCUT2D eigenvalue weighted by atomic mass is 16.5. The zero-order chi connectivity index (χ0) is 17.8. The Kier molecular flexibility index (Phi) is 10.9. The van der Waals surface area contributed by atoms with Crippen LogP contribution < -0.4 is 10.1 Å². The fourth-order valence-electron chi connectivity index (χ4n) is 3.03. The van der Waals surface area contributed by atoms with Crippen molar-refractivity contribution in [2.24, 2.45) is 0 Å². The molecule has 1 rings (SSSR count). The average molecular weight is 334 g/mol. The molecule has 0 aliphatic rings. The summed E-state index contributed by atoms with van der Waals surface area (Å²) in [5, 5.41) is 28.6. The number of hydrogen-bond acceptors (Lipinski definition) is 4. The molecular weight excluding hydrogens is 302 g/mol. The van der Waals surface area contributed by atoms with Crippen molar-refractivity contribution in [3.8, 4) is 5.75 Å². The van der Waals surface area contributed by atoms with E-state index in [1.165, 1.54) is 25.7 Å². The third-order valence-electron chi connectivity index (χ3n) is 4.42. The van der Waals surface area contributed by atoms with Gasteiger partial charge in [-0.25, -0.2) is 0 Å². The lowest BCUT2D eigenvalue weighted by molar-refractivity contribution is 0.425. The Morgan fingerprint density at radius 2 is 1.46 bits per heavy atom. The van der Waals surface area contributed by atoms with Crippen molar-refractivity contribution >= 4 is 20.3 Å². The third kappa shape index (κ3) is 7.29. The van der Waals surface area contributed by atoms with Crippen molar-refractivity contribution in [1.29, 1.82) is 0 Å². The van der Waals surface area contributed by atoms with Gasteiger partial charge in [-0.2, -0.15) is 0 Å². The number of aryl methyl sites for hydroxylation is 2. The van der Waals surface area contributed by atoms with Crippen LogP contribution in [0.2, 0.25) is 0 Å². The number of rotatable bonds is 13. The lowest BCUT2D eigenvalue weighted by Gasteiger charge is -2.16. The van der Waals surface area contributed by atoms with Crippen LogP contribution in [0, 0.1) is 0 Å². The van der Waals surface area contributed by atoms with Crippen molar-refractivity contribution in [2.75, 3.05) is 0 Å². The molecule has 0 bridgehead atoms. The average Bonchev–Trinajstić information content (AvgIpc) is 2.57. The van der Waals surface area contributed by atoms with Gasteiger partial charge in [-0.3, -0.25) is 0 Å². The smallest absolute Gasteiger partial charge is 0.504 e. The van der Waals surface area contributed by atoms with Crippen molar-refractivity contribution < 1.29 is 19.7 Å². The van der Waals surface area contributed by atoms with Gasteiger partial charge < -0.3 is 19.7 Å². The van der Waals surface area contributed by atoms with Gasteiger partial charge in [-0.15, -0.1) is 0 Å². The van der Waals surface area contributed by atoms with E-state index in [9.17, 15) is 10.0 Å². The molecule has 6 heteroatoms. The summed E-state index contributed by atoms with van der Waals surface area (Å²) in [5.74, 6) is 0.670. The van der Waals surface area contributed by atoms with Crippen LogP contribution in [0.4, 0.5) is 0 Å². The summed E-state index contributed by atoms with van der Waals surface area (Å²) >= 11 is 0. The third-order valence-corrected chi connectivity index (χ3v) is 4.42. The highest BCUT2D eigenvalue weighted by Gasteiger charge is 2.19. The predicted octanol–water partition coefficient (Wildman–Crippen LogP) is 2.25. The molecule has 0 amide bonds. The topological polar surface area (TPSA) is 69.9 Å². The zero-order valence-corrected chi connectivity index (χ0v) is 15.3. The van der Waals surface area contributed by atoms with Crippen molar-refractivity contribution in [3.63, 3.8) is 0 Å². The van der Waals surface area contributed by atoms with E-state index in [1.807, 2.05) is 12.1 Å². The first-order chi connectivity index (χ1) is 11.6. The van der Waals surface area contributed by atoms with E-state index in [2.05, 4.69) is 13.8 Å². The Hall–Kier alpha value is -0.970. The Labute approximate surface area is 147 Å². The van der Waals surface area contributed by atoms with E-state index in [0.717, 1.165) is 49.7 Å². The summed E-state index contributed by atoms with van der Waals surface area (Å²) in [5.41, 5.74) is 2.42. The van der Waals surface area contributed by atoms with Crippen molar-refractivity contribution in [1.82, 2.24) is 0 Å². The van der Waals surface area contributed by atoms with E-state index in [4.69, 9.17) is 9.68 Å². The standard InChI is InChI=1S/C18H32B2O4/c1-3-5-7-9-11-15-14-18(24-19-21)16(12-10-8-6-4-2)13-17(15)20(22)23/h13-14,19,21-23H,3-12H2,1-2H3. The molecule has 0 spiro atoms. The van der Waals surface area contributed by atoms with Crippen LogP contribution in [-0.2, 0) is 12.8 Å². The van der Waals surface area contributed by atoms with Crippen LogP contribution in [0.5, 0.6) is 5.75 Å². The van der Waals surface area contributed by atoms with Gasteiger partial charge >= 0.3 is 14.8 Å². The van der Waals surface area contributed by atoms with Gasteiger partial charge in [0.05, 0.1) is 0 Å². The quantitative estimate of drug-likeness (QED) is 0.382. The van der Waals surface area contributed by atoms with Crippen molar-refractivity contribution in [2.45, 2.75) is 78.1 Å². The highest BCUT2D eigenvalue weighted by molar-refractivity contribution is 6.59. The molecule has 4 nitrogen and oxygen atoms in total. The SMILES string of the molecule is CCCCCCc1cc(B(O)O)c(CCCCCC)cc1OBO. The van der Waals surface area contributed by atoms with E-state index in [-0.39, 0.29) is 7.69 Å². The van der Waals surface area contributed by atoms with Gasteiger partial charge in [0.25, 0.3) is 0 Å². The first-order valence-electron chi connectivity index (χ1n) is 9.39. The molecule has 0 fully saturated rings. The summed E-state index contributed by atoms with van der Waals surface area (Å²) in [6.07, 6.45) is 10.7. The number of hydrogen-bond donors (Lipinski definition) is 3. The van der Waals surface area contributed by atoms with Crippen LogP contribution in [-0.4, -0.2) is 29.9 Å². The molecule has 24 heavy (non-hydrogen) atoms. The minimum absolute atomic E-state index is 0.363. The first-order valence-corrected chi connectivity index (χ1v) is 9.39.